The Bertz CT molecular complexity index is 742. The van der Waals surface area contributed by atoms with Gasteiger partial charge in [0.15, 0.2) is 13.2 Å². The van der Waals surface area contributed by atoms with Crippen molar-refractivity contribution < 1.29 is 40.6 Å². The van der Waals surface area contributed by atoms with Gasteiger partial charge in [0, 0.05) is 25.2 Å². The van der Waals surface area contributed by atoms with E-state index in [1.807, 2.05) is 7.05 Å². The second-order valence-electron chi connectivity index (χ2n) is 7.21. The quantitative estimate of drug-likeness (QED) is 0.584. The lowest BCUT2D eigenvalue weighted by Gasteiger charge is -2.28. The molecule has 1 heterocycles. The Morgan fingerprint density at radius 2 is 1.81 bits per heavy atom. The van der Waals surface area contributed by atoms with Crippen LogP contribution < -0.4 is 14.8 Å². The predicted molar refractivity (Wildman–Crippen MR) is 101 cm³/mol. The van der Waals surface area contributed by atoms with Gasteiger partial charge in [0.2, 0.25) is 0 Å². The molecule has 0 spiro atoms. The molecule has 176 valence electrons. The van der Waals surface area contributed by atoms with Crippen molar-refractivity contribution >= 4 is 11.7 Å². The molecule has 1 fully saturated rings. The van der Waals surface area contributed by atoms with Crippen molar-refractivity contribution in [3.63, 3.8) is 0 Å². The number of nitrogens with one attached hydrogen (secondary N) is 1. The minimum absolute atomic E-state index is 0.146. The van der Waals surface area contributed by atoms with Crippen molar-refractivity contribution in [3.05, 3.63) is 18.2 Å². The Kier molecular flexibility index (Phi) is 8.27. The maximum atomic E-state index is 12.7. The fraction of sp³-hybridized carbons (Fsp3) is 0.632. The summed E-state index contributed by atoms with van der Waals surface area (Å²) in [7, 11) is 1.94. The summed E-state index contributed by atoms with van der Waals surface area (Å²) in [5.74, 6) is -0.607. The number of likely N-dealkylation sites (tertiary alicyclic amines) is 1. The Morgan fingerprint density at radius 3 is 2.35 bits per heavy atom. The van der Waals surface area contributed by atoms with Gasteiger partial charge in [-0.05, 0) is 45.5 Å². The summed E-state index contributed by atoms with van der Waals surface area (Å²) < 4.78 is 84.2. The van der Waals surface area contributed by atoms with E-state index in [2.05, 4.69) is 15.0 Å². The first-order valence-corrected chi connectivity index (χ1v) is 9.67. The third kappa shape index (κ3) is 8.35. The Labute approximate surface area is 176 Å². The van der Waals surface area contributed by atoms with Gasteiger partial charge in [-0.2, -0.15) is 26.3 Å². The summed E-state index contributed by atoms with van der Waals surface area (Å²) in [6.07, 6.45) is -7.33. The molecular weight excluding hydrogens is 432 g/mol. The lowest BCUT2D eigenvalue weighted by Crippen LogP contribution is -2.43. The number of likely N-dealkylation sites (N-methyl/N-ethyl adjacent to an activating group) is 2. The van der Waals surface area contributed by atoms with Crippen LogP contribution in [0.1, 0.15) is 19.8 Å². The molecule has 2 rings (SSSR count). The molecule has 1 aliphatic heterocycles. The summed E-state index contributed by atoms with van der Waals surface area (Å²) in [6, 6.07) is 2.61. The molecule has 31 heavy (non-hydrogen) atoms. The van der Waals surface area contributed by atoms with Crippen molar-refractivity contribution in [1.29, 1.82) is 0 Å². The topological polar surface area (TPSA) is 54.0 Å². The van der Waals surface area contributed by atoms with E-state index in [0.717, 1.165) is 37.6 Å². The Balaban J connectivity index is 2.17. The molecule has 1 unspecified atom stereocenters. The van der Waals surface area contributed by atoms with Gasteiger partial charge in [-0.1, -0.05) is 0 Å². The van der Waals surface area contributed by atoms with Crippen LogP contribution in [0.3, 0.4) is 0 Å². The highest BCUT2D eigenvalue weighted by atomic mass is 19.4. The maximum absolute atomic E-state index is 12.7. The monoisotopic (exact) mass is 457 g/mol. The van der Waals surface area contributed by atoms with Crippen molar-refractivity contribution in [3.8, 4) is 11.5 Å². The molecule has 1 aliphatic rings. The molecule has 1 aromatic carbocycles. The summed E-state index contributed by atoms with van der Waals surface area (Å²) >= 11 is 0. The van der Waals surface area contributed by atoms with Crippen molar-refractivity contribution in [2.75, 3.05) is 45.2 Å². The number of hydrogen-bond acceptors (Lipinski definition) is 4. The van der Waals surface area contributed by atoms with E-state index in [9.17, 15) is 31.1 Å². The number of alkyl halides is 6. The highest BCUT2D eigenvalue weighted by Crippen LogP contribution is 2.32. The van der Waals surface area contributed by atoms with Crippen LogP contribution >= 0.6 is 0 Å². The number of halogens is 6. The summed E-state index contributed by atoms with van der Waals surface area (Å²) in [5, 5.41) is 2.44. The lowest BCUT2D eigenvalue weighted by atomic mass is 10.2. The highest BCUT2D eigenvalue weighted by Gasteiger charge is 2.31. The van der Waals surface area contributed by atoms with E-state index in [4.69, 9.17) is 4.74 Å². The molecule has 1 aromatic rings. The van der Waals surface area contributed by atoms with Gasteiger partial charge >= 0.3 is 18.4 Å². The number of ether oxygens (including phenoxy) is 2. The molecule has 0 bridgehead atoms. The van der Waals surface area contributed by atoms with E-state index in [1.54, 1.807) is 6.92 Å². The SMILES string of the molecule is CCN(CC1CCCN1C)C(=O)Nc1cc(OCC(F)(F)F)ccc1OCC(F)(F)F. The van der Waals surface area contributed by atoms with Gasteiger partial charge in [-0.3, -0.25) is 0 Å². The number of anilines is 1. The first-order chi connectivity index (χ1) is 14.4. The largest absolute Gasteiger partial charge is 0.484 e. The van der Waals surface area contributed by atoms with Crippen molar-refractivity contribution in [2.45, 2.75) is 38.2 Å². The molecule has 1 atom stereocenters. The van der Waals surface area contributed by atoms with Crippen LogP contribution in [0.4, 0.5) is 36.8 Å². The highest BCUT2D eigenvalue weighted by molar-refractivity contribution is 5.91. The zero-order chi connectivity index (χ0) is 23.2. The molecule has 1 saturated heterocycles. The van der Waals surface area contributed by atoms with Crippen molar-refractivity contribution in [2.24, 2.45) is 0 Å². The summed E-state index contributed by atoms with van der Waals surface area (Å²) in [6.45, 7) is 0.179. The van der Waals surface area contributed by atoms with Crippen LogP contribution in [0, 0.1) is 0 Å². The standard InChI is InChI=1S/C19H25F6N3O3/c1-3-28(10-13-5-4-8-27(13)2)17(29)26-15-9-14(30-11-18(20,21)22)6-7-16(15)31-12-19(23,24)25/h6-7,9,13H,3-5,8,10-12H2,1-2H3,(H,26,29). The first kappa shape index (κ1) is 24.9. The fourth-order valence-electron chi connectivity index (χ4n) is 3.16. The molecule has 1 N–H and O–H groups in total. The lowest BCUT2D eigenvalue weighted by molar-refractivity contribution is -0.154. The third-order valence-corrected chi connectivity index (χ3v) is 4.76. The van der Waals surface area contributed by atoms with Gasteiger partial charge in [0.25, 0.3) is 0 Å². The van der Waals surface area contributed by atoms with Crippen LogP contribution in [0.5, 0.6) is 11.5 Å². The van der Waals surface area contributed by atoms with E-state index >= 15 is 0 Å². The predicted octanol–water partition coefficient (Wildman–Crippen LogP) is 4.52. The maximum Gasteiger partial charge on any atom is 0.422 e. The zero-order valence-corrected chi connectivity index (χ0v) is 17.1. The average molecular weight is 457 g/mol. The number of carbonyl (C=O) groups is 1. The van der Waals surface area contributed by atoms with Gasteiger partial charge in [-0.25, -0.2) is 4.79 Å². The second-order valence-corrected chi connectivity index (χ2v) is 7.21. The number of urea groups is 1. The van der Waals surface area contributed by atoms with Gasteiger partial charge in [0.1, 0.15) is 11.5 Å². The van der Waals surface area contributed by atoms with Gasteiger partial charge in [-0.15, -0.1) is 0 Å². The van der Waals surface area contributed by atoms with Crippen LogP contribution in [-0.2, 0) is 0 Å². The van der Waals surface area contributed by atoms with Gasteiger partial charge < -0.3 is 24.6 Å². The van der Waals surface area contributed by atoms with E-state index in [0.29, 0.717) is 13.1 Å². The number of benzene rings is 1. The normalized spacial score (nSPS) is 17.5. The number of nitrogens with zero attached hydrogens (tertiary/aromatic N) is 2. The van der Waals surface area contributed by atoms with E-state index < -0.39 is 31.6 Å². The molecular formula is C19H25F6N3O3. The molecule has 0 aromatic heterocycles. The first-order valence-electron chi connectivity index (χ1n) is 9.67. The van der Waals surface area contributed by atoms with Crippen LogP contribution in [-0.4, -0.2) is 74.1 Å². The van der Waals surface area contributed by atoms with Crippen LogP contribution in [0.25, 0.3) is 0 Å². The summed E-state index contributed by atoms with van der Waals surface area (Å²) in [5.41, 5.74) is -0.216. The minimum Gasteiger partial charge on any atom is -0.484 e. The molecule has 0 radical (unpaired) electrons. The fourth-order valence-corrected chi connectivity index (χ4v) is 3.16. The second kappa shape index (κ2) is 10.3. The average Bonchev–Trinajstić information content (AvgIpc) is 3.06. The molecule has 2 amide bonds. The molecule has 12 heteroatoms. The number of amides is 2. The van der Waals surface area contributed by atoms with Crippen molar-refractivity contribution in [1.82, 2.24) is 9.80 Å². The Morgan fingerprint density at radius 1 is 1.16 bits per heavy atom. The number of hydrogen-bond donors (Lipinski definition) is 1. The van der Waals surface area contributed by atoms with E-state index in [1.165, 1.54) is 4.90 Å². The molecule has 0 aliphatic carbocycles. The van der Waals surface area contributed by atoms with Crippen LogP contribution in [0.15, 0.2) is 18.2 Å². The van der Waals surface area contributed by atoms with Crippen LogP contribution in [0.2, 0.25) is 0 Å². The number of carbonyl (C=O) groups excluding carboxylic acids is 1. The van der Waals surface area contributed by atoms with Gasteiger partial charge in [0.05, 0.1) is 5.69 Å². The minimum atomic E-state index is -4.63. The molecule has 6 nitrogen and oxygen atoms in total. The Hall–Kier alpha value is -2.37. The molecule has 0 saturated carbocycles. The zero-order valence-electron chi connectivity index (χ0n) is 17.1. The smallest absolute Gasteiger partial charge is 0.422 e. The van der Waals surface area contributed by atoms with E-state index in [-0.39, 0.29) is 23.2 Å². The summed E-state index contributed by atoms with van der Waals surface area (Å²) in [4.78, 5) is 16.3. The third-order valence-electron chi connectivity index (χ3n) is 4.76. The number of rotatable bonds is 8.